The third-order valence-electron chi connectivity index (χ3n) is 3.95. The summed E-state index contributed by atoms with van der Waals surface area (Å²) in [4.78, 5) is 23.3. The van der Waals surface area contributed by atoms with Crippen LogP contribution in [0.2, 0.25) is 0 Å². The van der Waals surface area contributed by atoms with Crippen LogP contribution in [0, 0.1) is 0 Å². The van der Waals surface area contributed by atoms with Gasteiger partial charge in [-0.25, -0.2) is 9.97 Å². The minimum Gasteiger partial charge on any atom is -0.497 e. The topological polar surface area (TPSA) is 67.3 Å². The van der Waals surface area contributed by atoms with E-state index in [0.29, 0.717) is 21.5 Å². The molecule has 7 heteroatoms. The molecule has 0 aliphatic carbocycles. The van der Waals surface area contributed by atoms with Gasteiger partial charge in [-0.15, -0.1) is 0 Å². The largest absolute Gasteiger partial charge is 0.497 e. The van der Waals surface area contributed by atoms with Crippen molar-refractivity contribution in [3.05, 3.63) is 40.6 Å². The summed E-state index contributed by atoms with van der Waals surface area (Å²) < 4.78 is 5.86. The number of aromatic nitrogens is 2. The Hall–Kier alpha value is -2.15. The molecule has 3 rings (SSSR count). The van der Waals surface area contributed by atoms with Gasteiger partial charge in [0.1, 0.15) is 5.75 Å². The van der Waals surface area contributed by atoms with E-state index < -0.39 is 0 Å². The second-order valence-corrected chi connectivity index (χ2v) is 6.47. The van der Waals surface area contributed by atoms with Gasteiger partial charge in [0.2, 0.25) is 5.95 Å². The van der Waals surface area contributed by atoms with Crippen molar-refractivity contribution in [1.82, 2.24) is 9.97 Å². The predicted molar refractivity (Wildman–Crippen MR) is 96.7 cm³/mol. The van der Waals surface area contributed by atoms with E-state index in [1.54, 1.807) is 37.7 Å². The van der Waals surface area contributed by atoms with Gasteiger partial charge in [0.15, 0.2) is 0 Å². The molecule has 1 fully saturated rings. The summed E-state index contributed by atoms with van der Waals surface area (Å²) in [5, 5.41) is 2.81. The lowest BCUT2D eigenvalue weighted by Gasteiger charge is -2.26. The number of piperidine rings is 1. The number of methoxy groups -OCH3 is 1. The number of anilines is 2. The fraction of sp³-hybridized carbons (Fsp3) is 0.353. The van der Waals surface area contributed by atoms with E-state index in [9.17, 15) is 4.79 Å². The van der Waals surface area contributed by atoms with Crippen LogP contribution in [0.15, 0.2) is 35.1 Å². The van der Waals surface area contributed by atoms with Gasteiger partial charge in [0.25, 0.3) is 5.91 Å². The predicted octanol–water partition coefficient (Wildman–Crippen LogP) is 3.49. The molecule has 0 spiro atoms. The van der Waals surface area contributed by atoms with Gasteiger partial charge in [0.05, 0.1) is 30.8 Å². The molecular weight excluding hydrogens is 372 g/mol. The van der Waals surface area contributed by atoms with Crippen LogP contribution in [0.4, 0.5) is 11.6 Å². The molecule has 1 aliphatic heterocycles. The molecule has 0 bridgehead atoms. The van der Waals surface area contributed by atoms with Crippen LogP contribution in [0.3, 0.4) is 0 Å². The first-order valence-electron chi connectivity index (χ1n) is 7.89. The van der Waals surface area contributed by atoms with Crippen molar-refractivity contribution < 1.29 is 9.53 Å². The monoisotopic (exact) mass is 390 g/mol. The second kappa shape index (κ2) is 7.61. The zero-order chi connectivity index (χ0) is 16.9. The Morgan fingerprint density at radius 3 is 2.58 bits per heavy atom. The van der Waals surface area contributed by atoms with Crippen LogP contribution in [-0.2, 0) is 0 Å². The van der Waals surface area contributed by atoms with Gasteiger partial charge in [-0.2, -0.15) is 0 Å². The summed E-state index contributed by atoms with van der Waals surface area (Å²) in [6.45, 7) is 1.98. The summed E-state index contributed by atoms with van der Waals surface area (Å²) in [6, 6.07) is 5.25. The molecule has 24 heavy (non-hydrogen) atoms. The summed E-state index contributed by atoms with van der Waals surface area (Å²) in [6.07, 6.45) is 6.89. The van der Waals surface area contributed by atoms with Crippen molar-refractivity contribution in [2.45, 2.75) is 19.3 Å². The number of rotatable bonds is 4. The standard InChI is InChI=1S/C17H19BrN4O2/c1-24-13-5-6-15(18)14(9-13)16(23)21-12-10-19-17(20-11-12)22-7-3-2-4-8-22/h5-6,9-11H,2-4,7-8H2,1H3,(H,21,23). The zero-order valence-electron chi connectivity index (χ0n) is 13.5. The number of amides is 1. The van der Waals surface area contributed by atoms with Gasteiger partial charge in [-0.05, 0) is 53.4 Å². The maximum Gasteiger partial charge on any atom is 0.257 e. The van der Waals surface area contributed by atoms with Crippen molar-refractivity contribution in [3.8, 4) is 5.75 Å². The van der Waals surface area contributed by atoms with Crippen LogP contribution in [-0.4, -0.2) is 36.1 Å². The Morgan fingerprint density at radius 1 is 1.21 bits per heavy atom. The van der Waals surface area contributed by atoms with Crippen LogP contribution in [0.1, 0.15) is 29.6 Å². The molecule has 0 unspecified atom stereocenters. The maximum absolute atomic E-state index is 12.4. The smallest absolute Gasteiger partial charge is 0.257 e. The van der Waals surface area contributed by atoms with E-state index in [1.807, 2.05) is 0 Å². The third kappa shape index (κ3) is 3.84. The SMILES string of the molecule is COc1ccc(Br)c(C(=O)Nc2cnc(N3CCCCC3)nc2)c1. The molecule has 1 saturated heterocycles. The van der Waals surface area contributed by atoms with E-state index in [4.69, 9.17) is 4.74 Å². The van der Waals surface area contributed by atoms with Crippen molar-refractivity contribution in [2.24, 2.45) is 0 Å². The molecule has 6 nitrogen and oxygen atoms in total. The number of carbonyl (C=O) groups is 1. The van der Waals surface area contributed by atoms with E-state index in [0.717, 1.165) is 19.0 Å². The number of nitrogens with zero attached hydrogens (tertiary/aromatic N) is 3. The van der Waals surface area contributed by atoms with Gasteiger partial charge in [0, 0.05) is 17.6 Å². The first kappa shape index (κ1) is 16.7. The highest BCUT2D eigenvalue weighted by molar-refractivity contribution is 9.10. The minimum atomic E-state index is -0.241. The fourth-order valence-corrected chi connectivity index (χ4v) is 3.07. The highest BCUT2D eigenvalue weighted by Gasteiger charge is 2.15. The van der Waals surface area contributed by atoms with Crippen LogP contribution in [0.25, 0.3) is 0 Å². The number of hydrogen-bond acceptors (Lipinski definition) is 5. The molecule has 1 N–H and O–H groups in total. The highest BCUT2D eigenvalue weighted by Crippen LogP contribution is 2.23. The van der Waals surface area contributed by atoms with E-state index in [1.165, 1.54) is 19.3 Å². The molecule has 0 radical (unpaired) electrons. The molecule has 0 saturated carbocycles. The number of ether oxygens (including phenoxy) is 1. The van der Waals surface area contributed by atoms with E-state index in [2.05, 4.69) is 36.1 Å². The average Bonchev–Trinajstić information content (AvgIpc) is 2.63. The van der Waals surface area contributed by atoms with Crippen LogP contribution < -0.4 is 15.0 Å². The Kier molecular flexibility index (Phi) is 5.30. The van der Waals surface area contributed by atoms with Crippen molar-refractivity contribution in [2.75, 3.05) is 30.4 Å². The molecule has 0 atom stereocenters. The lowest BCUT2D eigenvalue weighted by molar-refractivity contribution is 0.102. The zero-order valence-corrected chi connectivity index (χ0v) is 15.0. The quantitative estimate of drug-likeness (QED) is 0.864. The second-order valence-electron chi connectivity index (χ2n) is 5.62. The first-order chi connectivity index (χ1) is 11.7. The Morgan fingerprint density at radius 2 is 1.92 bits per heavy atom. The molecule has 1 amide bonds. The number of halogens is 1. The van der Waals surface area contributed by atoms with E-state index >= 15 is 0 Å². The van der Waals surface area contributed by atoms with Crippen molar-refractivity contribution in [1.29, 1.82) is 0 Å². The number of nitrogens with one attached hydrogen (secondary N) is 1. The van der Waals surface area contributed by atoms with Gasteiger partial charge in [-0.1, -0.05) is 0 Å². The van der Waals surface area contributed by atoms with Gasteiger partial charge in [-0.3, -0.25) is 4.79 Å². The molecule has 126 valence electrons. The molecule has 1 aromatic heterocycles. The van der Waals surface area contributed by atoms with Crippen molar-refractivity contribution >= 4 is 33.5 Å². The number of benzene rings is 1. The molecule has 1 aromatic carbocycles. The van der Waals surface area contributed by atoms with Crippen LogP contribution >= 0.6 is 15.9 Å². The van der Waals surface area contributed by atoms with Crippen molar-refractivity contribution in [3.63, 3.8) is 0 Å². The Bertz CT molecular complexity index is 715. The van der Waals surface area contributed by atoms with E-state index in [-0.39, 0.29) is 5.91 Å². The normalized spacial score (nSPS) is 14.3. The first-order valence-corrected chi connectivity index (χ1v) is 8.68. The molecular formula is C17H19BrN4O2. The number of hydrogen-bond donors (Lipinski definition) is 1. The summed E-state index contributed by atoms with van der Waals surface area (Å²) >= 11 is 3.38. The van der Waals surface area contributed by atoms with Crippen LogP contribution in [0.5, 0.6) is 5.75 Å². The molecule has 1 aliphatic rings. The average molecular weight is 391 g/mol. The van der Waals surface area contributed by atoms with Gasteiger partial charge >= 0.3 is 0 Å². The Labute approximate surface area is 149 Å². The fourth-order valence-electron chi connectivity index (χ4n) is 2.65. The summed E-state index contributed by atoms with van der Waals surface area (Å²) in [5.41, 5.74) is 1.06. The minimum absolute atomic E-state index is 0.241. The Balaban J connectivity index is 1.70. The lowest BCUT2D eigenvalue weighted by Crippen LogP contribution is -2.30. The highest BCUT2D eigenvalue weighted by atomic mass is 79.9. The molecule has 2 heterocycles. The number of carbonyl (C=O) groups excluding carboxylic acids is 1. The summed E-state index contributed by atoms with van der Waals surface area (Å²) in [5.74, 6) is 1.10. The molecule has 2 aromatic rings. The third-order valence-corrected chi connectivity index (χ3v) is 4.64. The maximum atomic E-state index is 12.4. The summed E-state index contributed by atoms with van der Waals surface area (Å²) in [7, 11) is 1.57. The lowest BCUT2D eigenvalue weighted by atomic mass is 10.1. The van der Waals surface area contributed by atoms with Gasteiger partial charge < -0.3 is 15.0 Å².